The first-order valence-electron chi connectivity index (χ1n) is 5.98. The third-order valence-electron chi connectivity index (χ3n) is 2.21. The third kappa shape index (κ3) is 7.04. The van der Waals surface area contributed by atoms with E-state index in [0.29, 0.717) is 13.0 Å². The highest BCUT2D eigenvalue weighted by Crippen LogP contribution is 1.98. The number of unbranched alkanes of at least 4 members (excludes halogenated alkanes) is 1. The van der Waals surface area contributed by atoms with Crippen LogP contribution in [0.1, 0.15) is 39.5 Å². The van der Waals surface area contributed by atoms with Gasteiger partial charge in [-0.3, -0.25) is 4.79 Å². The molecule has 0 saturated carbocycles. The van der Waals surface area contributed by atoms with Gasteiger partial charge in [0.2, 0.25) is 5.91 Å². The lowest BCUT2D eigenvalue weighted by molar-refractivity contribution is -0.127. The van der Waals surface area contributed by atoms with Crippen molar-refractivity contribution in [3.8, 4) is 0 Å². The van der Waals surface area contributed by atoms with Gasteiger partial charge < -0.3 is 4.90 Å². The van der Waals surface area contributed by atoms with Crippen molar-refractivity contribution < 1.29 is 4.79 Å². The number of amides is 1. The Labute approximate surface area is 99.3 Å². The molecule has 0 atom stereocenters. The van der Waals surface area contributed by atoms with Crippen molar-refractivity contribution in [1.82, 2.24) is 4.90 Å². The monoisotopic (exact) mass is 221 g/mol. The summed E-state index contributed by atoms with van der Waals surface area (Å²) in [6.07, 6.45) is 13.8. The maximum absolute atomic E-state index is 11.4. The molecule has 0 spiro atoms. The zero-order valence-corrected chi connectivity index (χ0v) is 10.5. The third-order valence-corrected chi connectivity index (χ3v) is 2.21. The molecule has 0 aliphatic rings. The van der Waals surface area contributed by atoms with E-state index in [1.807, 2.05) is 13.0 Å². The Morgan fingerprint density at radius 1 is 1.12 bits per heavy atom. The van der Waals surface area contributed by atoms with Crippen LogP contribution in [0, 0.1) is 0 Å². The molecule has 0 aliphatic heterocycles. The van der Waals surface area contributed by atoms with E-state index in [-0.39, 0.29) is 5.91 Å². The minimum Gasteiger partial charge on any atom is -0.316 e. The molecule has 0 radical (unpaired) electrons. The Kier molecular flexibility index (Phi) is 9.38. The van der Waals surface area contributed by atoms with Gasteiger partial charge in [0.15, 0.2) is 0 Å². The molecule has 0 bridgehead atoms. The average Bonchev–Trinajstić information content (AvgIpc) is 2.32. The molecule has 2 heteroatoms. The maximum atomic E-state index is 11.4. The van der Waals surface area contributed by atoms with Crippen LogP contribution in [0.5, 0.6) is 0 Å². The molecular formula is C14H23NO. The van der Waals surface area contributed by atoms with E-state index >= 15 is 0 Å². The number of carbonyl (C=O) groups is 1. The molecule has 0 aromatic heterocycles. The van der Waals surface area contributed by atoms with Gasteiger partial charge >= 0.3 is 0 Å². The predicted octanol–water partition coefficient (Wildman–Crippen LogP) is 3.67. The number of nitrogens with zero attached hydrogens (tertiary/aromatic N) is 1. The first-order chi connectivity index (χ1) is 7.76. The van der Waals surface area contributed by atoms with Gasteiger partial charge in [-0.15, -0.1) is 0 Å². The normalized spacial score (nSPS) is 11.1. The minimum absolute atomic E-state index is 0.116. The standard InChI is InChI=1S/C14H23NO/c1-4-7-8-9-10-11-12-13-15(6-3)14(16)5-2/h6-8,11-12H,3-5,9-10,13H2,1-2H3/b8-7-,12-11+. The van der Waals surface area contributed by atoms with Crippen LogP contribution in [0.3, 0.4) is 0 Å². The van der Waals surface area contributed by atoms with Crippen molar-refractivity contribution >= 4 is 5.91 Å². The molecule has 0 N–H and O–H groups in total. The fourth-order valence-corrected chi connectivity index (χ4v) is 1.26. The lowest BCUT2D eigenvalue weighted by atomic mass is 10.2. The summed E-state index contributed by atoms with van der Waals surface area (Å²) in [4.78, 5) is 13.0. The summed E-state index contributed by atoms with van der Waals surface area (Å²) in [7, 11) is 0. The summed E-state index contributed by atoms with van der Waals surface area (Å²) in [5.74, 6) is 0.116. The number of rotatable bonds is 8. The quantitative estimate of drug-likeness (QED) is 0.452. The molecule has 0 heterocycles. The van der Waals surface area contributed by atoms with Gasteiger partial charge in [-0.05, 0) is 25.5 Å². The van der Waals surface area contributed by atoms with Gasteiger partial charge in [-0.1, -0.05) is 44.7 Å². The molecule has 2 nitrogen and oxygen atoms in total. The molecule has 0 aromatic rings. The Bertz CT molecular complexity index is 253. The van der Waals surface area contributed by atoms with Crippen LogP contribution in [-0.2, 0) is 4.79 Å². The van der Waals surface area contributed by atoms with Crippen molar-refractivity contribution in [3.63, 3.8) is 0 Å². The molecule has 0 rings (SSSR count). The number of carbonyl (C=O) groups excluding carboxylic acids is 1. The van der Waals surface area contributed by atoms with Crippen LogP contribution >= 0.6 is 0 Å². The van der Waals surface area contributed by atoms with Crippen LogP contribution < -0.4 is 0 Å². The Balaban J connectivity index is 3.76. The molecule has 90 valence electrons. The summed E-state index contributed by atoms with van der Waals surface area (Å²) < 4.78 is 0. The topological polar surface area (TPSA) is 20.3 Å². The van der Waals surface area contributed by atoms with Crippen LogP contribution in [0.4, 0.5) is 0 Å². The second-order valence-electron chi connectivity index (χ2n) is 3.51. The summed E-state index contributed by atoms with van der Waals surface area (Å²) in [5.41, 5.74) is 0. The van der Waals surface area contributed by atoms with Gasteiger partial charge in [0.1, 0.15) is 0 Å². The van der Waals surface area contributed by atoms with E-state index in [9.17, 15) is 4.79 Å². The van der Waals surface area contributed by atoms with E-state index in [2.05, 4.69) is 31.7 Å². The largest absolute Gasteiger partial charge is 0.316 e. The van der Waals surface area contributed by atoms with Crippen molar-refractivity contribution in [2.45, 2.75) is 39.5 Å². The first kappa shape index (κ1) is 14.7. The van der Waals surface area contributed by atoms with E-state index in [4.69, 9.17) is 0 Å². The smallest absolute Gasteiger partial charge is 0.226 e. The lowest BCUT2D eigenvalue weighted by Crippen LogP contribution is -2.24. The Morgan fingerprint density at radius 2 is 1.75 bits per heavy atom. The highest BCUT2D eigenvalue weighted by molar-refractivity contribution is 5.76. The summed E-state index contributed by atoms with van der Waals surface area (Å²) >= 11 is 0. The van der Waals surface area contributed by atoms with Gasteiger partial charge in [0.05, 0.1) is 0 Å². The maximum Gasteiger partial charge on any atom is 0.226 e. The molecular weight excluding hydrogens is 198 g/mol. The fourth-order valence-electron chi connectivity index (χ4n) is 1.26. The molecule has 16 heavy (non-hydrogen) atoms. The second kappa shape index (κ2) is 10.2. The zero-order chi connectivity index (χ0) is 12.2. The predicted molar refractivity (Wildman–Crippen MR) is 70.0 cm³/mol. The van der Waals surface area contributed by atoms with Crippen LogP contribution in [0.2, 0.25) is 0 Å². The second-order valence-corrected chi connectivity index (χ2v) is 3.51. The van der Waals surface area contributed by atoms with Crippen molar-refractivity contribution in [2.75, 3.05) is 6.54 Å². The van der Waals surface area contributed by atoms with Gasteiger partial charge in [0.25, 0.3) is 0 Å². The lowest BCUT2D eigenvalue weighted by Gasteiger charge is -2.14. The molecule has 0 aliphatic carbocycles. The van der Waals surface area contributed by atoms with Crippen molar-refractivity contribution in [3.05, 3.63) is 37.1 Å². The van der Waals surface area contributed by atoms with Crippen molar-refractivity contribution in [1.29, 1.82) is 0 Å². The summed E-state index contributed by atoms with van der Waals surface area (Å²) in [6, 6.07) is 0. The Hall–Kier alpha value is -1.31. The average molecular weight is 221 g/mol. The van der Waals surface area contributed by atoms with Crippen LogP contribution in [-0.4, -0.2) is 17.4 Å². The van der Waals surface area contributed by atoms with Crippen molar-refractivity contribution in [2.24, 2.45) is 0 Å². The minimum atomic E-state index is 0.116. The molecule has 0 unspecified atom stereocenters. The highest BCUT2D eigenvalue weighted by Gasteiger charge is 2.03. The van der Waals surface area contributed by atoms with E-state index in [1.54, 1.807) is 11.1 Å². The van der Waals surface area contributed by atoms with E-state index < -0.39 is 0 Å². The zero-order valence-electron chi connectivity index (χ0n) is 10.5. The number of hydrogen-bond acceptors (Lipinski definition) is 1. The number of hydrogen-bond donors (Lipinski definition) is 0. The fraction of sp³-hybridized carbons (Fsp3) is 0.500. The van der Waals surface area contributed by atoms with Gasteiger partial charge in [-0.2, -0.15) is 0 Å². The first-order valence-corrected chi connectivity index (χ1v) is 5.98. The van der Waals surface area contributed by atoms with E-state index in [0.717, 1.165) is 19.3 Å². The summed E-state index contributed by atoms with van der Waals surface area (Å²) in [6.45, 7) is 8.25. The molecule has 0 aromatic carbocycles. The summed E-state index contributed by atoms with van der Waals surface area (Å²) in [5, 5.41) is 0. The van der Waals surface area contributed by atoms with Crippen LogP contribution in [0.25, 0.3) is 0 Å². The van der Waals surface area contributed by atoms with Gasteiger partial charge in [0, 0.05) is 13.0 Å². The van der Waals surface area contributed by atoms with Crippen LogP contribution in [0.15, 0.2) is 37.1 Å². The Morgan fingerprint density at radius 3 is 2.25 bits per heavy atom. The molecule has 0 fully saturated rings. The molecule has 0 saturated heterocycles. The SMILES string of the molecule is C=CN(C/C=C/CC/C=C\CC)C(=O)CC. The van der Waals surface area contributed by atoms with E-state index in [1.165, 1.54) is 0 Å². The highest BCUT2D eigenvalue weighted by atomic mass is 16.2. The number of allylic oxidation sites excluding steroid dienone is 3. The van der Waals surface area contributed by atoms with Gasteiger partial charge in [-0.25, -0.2) is 0 Å². The molecule has 1 amide bonds.